The predicted molar refractivity (Wildman–Crippen MR) is 35.3 cm³/mol. The number of hydrogen-bond donors (Lipinski definition) is 0. The molecule has 0 unspecified atom stereocenters. The second-order valence-electron chi connectivity index (χ2n) is 1.91. The van der Waals surface area contributed by atoms with Crippen LogP contribution in [0.25, 0.3) is 0 Å². The summed E-state index contributed by atoms with van der Waals surface area (Å²) in [6, 6.07) is 5.49. The van der Waals surface area contributed by atoms with Crippen molar-refractivity contribution in [1.82, 2.24) is 0 Å². The van der Waals surface area contributed by atoms with Gasteiger partial charge in [0.05, 0.1) is 0 Å². The largest absolute Gasteiger partial charge is 1.00 e. The van der Waals surface area contributed by atoms with Crippen molar-refractivity contribution in [1.29, 1.82) is 0 Å². The number of halogens is 4. The van der Waals surface area contributed by atoms with E-state index in [1.54, 1.807) is 0 Å². The Hall–Kier alpha value is 0.300. The maximum absolute atomic E-state index is 11.9. The second kappa shape index (κ2) is 4.51. The molecule has 0 amide bonds. The Bertz CT molecular complexity index is 259. The van der Waals surface area contributed by atoms with E-state index in [2.05, 4.69) is 0 Å². The molecule has 1 aromatic rings. The summed E-state index contributed by atoms with van der Waals surface area (Å²) in [6.07, 6.45) is -4.36. The van der Waals surface area contributed by atoms with E-state index in [0.29, 0.717) is 0 Å². The molecule has 0 heterocycles. The quantitative estimate of drug-likeness (QED) is 0.415. The van der Waals surface area contributed by atoms with Crippen LogP contribution in [0.3, 0.4) is 0 Å². The first-order valence-corrected chi connectivity index (χ1v) is 3.13. The molecule has 0 nitrogen and oxygen atoms in total. The Morgan fingerprint density at radius 3 is 2.17 bits per heavy atom. The van der Waals surface area contributed by atoms with Crippen molar-refractivity contribution < 1.29 is 42.7 Å². The molecule has 0 spiro atoms. The number of benzene rings is 1. The van der Waals surface area contributed by atoms with Gasteiger partial charge < -0.3 is 0 Å². The standard InChI is InChI=1S/C7H3ClF3.Na/c8-6-3-1-2-5(4-6)7(9,10)11;/h1-3H;/q-1;+1. The Morgan fingerprint density at radius 1 is 1.25 bits per heavy atom. The summed E-state index contributed by atoms with van der Waals surface area (Å²) in [5.74, 6) is 0. The van der Waals surface area contributed by atoms with Gasteiger partial charge in [0, 0.05) is 0 Å². The fourth-order valence-corrected chi connectivity index (χ4v) is 0.781. The third kappa shape index (κ3) is 3.35. The fraction of sp³-hybridized carbons (Fsp3) is 0.143. The normalized spacial score (nSPS) is 10.7. The minimum Gasteiger partial charge on any atom is -0.171 e. The first-order valence-electron chi connectivity index (χ1n) is 2.75. The smallest absolute Gasteiger partial charge is 0.171 e. The molecule has 0 radical (unpaired) electrons. The topological polar surface area (TPSA) is 0 Å². The van der Waals surface area contributed by atoms with Crippen molar-refractivity contribution in [3.63, 3.8) is 0 Å². The molecule has 0 atom stereocenters. The van der Waals surface area contributed by atoms with E-state index in [0.717, 1.165) is 6.07 Å². The van der Waals surface area contributed by atoms with Crippen molar-refractivity contribution in [2.75, 3.05) is 0 Å². The van der Waals surface area contributed by atoms with E-state index < -0.39 is 11.7 Å². The molecular formula is C7H3ClF3Na. The van der Waals surface area contributed by atoms with Gasteiger partial charge in [-0.3, -0.25) is 0 Å². The maximum atomic E-state index is 11.9. The summed E-state index contributed by atoms with van der Waals surface area (Å²) in [5, 5.41) is -0.0279. The van der Waals surface area contributed by atoms with Gasteiger partial charge in [0.15, 0.2) is 0 Å². The van der Waals surface area contributed by atoms with E-state index in [1.807, 2.05) is 6.07 Å². The predicted octanol–water partition coefficient (Wildman–Crippen LogP) is 0.163. The minimum atomic E-state index is -4.36. The van der Waals surface area contributed by atoms with Crippen LogP contribution in [0.2, 0.25) is 5.02 Å². The summed E-state index contributed by atoms with van der Waals surface area (Å²) in [4.78, 5) is 0. The second-order valence-corrected chi connectivity index (χ2v) is 2.32. The molecule has 0 aliphatic rings. The van der Waals surface area contributed by atoms with Crippen molar-refractivity contribution in [3.8, 4) is 0 Å². The Labute approximate surface area is 95.0 Å². The number of alkyl halides is 3. The molecule has 0 aliphatic carbocycles. The summed E-state index contributed by atoms with van der Waals surface area (Å²) in [5.41, 5.74) is -0.843. The SMILES string of the molecule is FC(F)(F)c1[c-]c(Cl)ccc1.[Na+]. The van der Waals surface area contributed by atoms with Gasteiger partial charge in [-0.1, -0.05) is 10.6 Å². The van der Waals surface area contributed by atoms with Gasteiger partial charge in [0.2, 0.25) is 0 Å². The third-order valence-electron chi connectivity index (χ3n) is 1.06. The zero-order valence-corrected chi connectivity index (χ0v) is 9.00. The molecule has 0 bridgehead atoms. The summed E-state index contributed by atoms with van der Waals surface area (Å²) >= 11 is 5.30. The monoisotopic (exact) mass is 202 g/mol. The number of rotatable bonds is 0. The third-order valence-corrected chi connectivity index (χ3v) is 1.29. The first-order chi connectivity index (χ1) is 5.00. The molecule has 1 aromatic carbocycles. The van der Waals surface area contributed by atoms with Gasteiger partial charge in [0.25, 0.3) is 0 Å². The average Bonchev–Trinajstić information content (AvgIpc) is 1.86. The summed E-state index contributed by atoms with van der Waals surface area (Å²) < 4.78 is 35.6. The van der Waals surface area contributed by atoms with Crippen LogP contribution in [0, 0.1) is 6.07 Å². The van der Waals surface area contributed by atoms with Gasteiger partial charge in [-0.15, -0.1) is 11.6 Å². The van der Waals surface area contributed by atoms with Crippen LogP contribution < -0.4 is 29.6 Å². The molecule has 0 saturated heterocycles. The molecule has 12 heavy (non-hydrogen) atoms. The van der Waals surface area contributed by atoms with Crippen molar-refractivity contribution >= 4 is 11.6 Å². The molecule has 0 saturated carbocycles. The molecule has 0 aromatic heterocycles. The Morgan fingerprint density at radius 2 is 1.83 bits per heavy atom. The molecule has 1 rings (SSSR count). The van der Waals surface area contributed by atoms with Crippen LogP contribution in [0.4, 0.5) is 13.2 Å². The van der Waals surface area contributed by atoms with Gasteiger partial charge in [-0.2, -0.15) is 37.4 Å². The van der Waals surface area contributed by atoms with Gasteiger partial charge in [0.1, 0.15) is 0 Å². The fourth-order valence-electron chi connectivity index (χ4n) is 0.606. The molecule has 5 heteroatoms. The van der Waals surface area contributed by atoms with Gasteiger partial charge >= 0.3 is 35.7 Å². The summed E-state index contributed by atoms with van der Waals surface area (Å²) in [7, 11) is 0. The van der Waals surface area contributed by atoms with Crippen molar-refractivity contribution in [3.05, 3.63) is 34.9 Å². The van der Waals surface area contributed by atoms with Crippen LogP contribution in [-0.4, -0.2) is 0 Å². The molecule has 0 fully saturated rings. The van der Waals surface area contributed by atoms with E-state index in [1.165, 1.54) is 12.1 Å². The molecule has 0 N–H and O–H groups in total. The average molecular weight is 203 g/mol. The maximum Gasteiger partial charge on any atom is 1.00 e. The first kappa shape index (κ1) is 12.3. The van der Waals surface area contributed by atoms with Crippen LogP contribution in [0.15, 0.2) is 18.2 Å². The number of hydrogen-bond acceptors (Lipinski definition) is 0. The summed E-state index contributed by atoms with van der Waals surface area (Å²) in [6.45, 7) is 0. The van der Waals surface area contributed by atoms with Crippen LogP contribution in [0.1, 0.15) is 5.56 Å². The molecule has 60 valence electrons. The van der Waals surface area contributed by atoms with Gasteiger partial charge in [-0.25, -0.2) is 0 Å². The van der Waals surface area contributed by atoms with Crippen LogP contribution in [-0.2, 0) is 6.18 Å². The van der Waals surface area contributed by atoms with E-state index in [9.17, 15) is 13.2 Å². The molecule has 0 aliphatic heterocycles. The Balaban J connectivity index is 0.00000121. The minimum absolute atomic E-state index is 0. The van der Waals surface area contributed by atoms with Crippen molar-refractivity contribution in [2.45, 2.75) is 6.18 Å². The van der Waals surface area contributed by atoms with E-state index >= 15 is 0 Å². The van der Waals surface area contributed by atoms with E-state index in [4.69, 9.17) is 11.6 Å². The van der Waals surface area contributed by atoms with Crippen molar-refractivity contribution in [2.24, 2.45) is 0 Å². The van der Waals surface area contributed by atoms with Gasteiger partial charge in [-0.05, 0) is 0 Å². The van der Waals surface area contributed by atoms with E-state index in [-0.39, 0.29) is 34.6 Å². The molecular weight excluding hydrogens is 200 g/mol. The van der Waals surface area contributed by atoms with Crippen LogP contribution >= 0.6 is 11.6 Å². The Kier molecular flexibility index (Phi) is 4.62. The zero-order valence-electron chi connectivity index (χ0n) is 6.24. The zero-order chi connectivity index (χ0) is 8.48. The van der Waals surface area contributed by atoms with Crippen LogP contribution in [0.5, 0.6) is 0 Å².